The second kappa shape index (κ2) is 9.03. The molecule has 0 spiro atoms. The van der Waals surface area contributed by atoms with Crippen LogP contribution >= 0.6 is 11.8 Å². The molecule has 8 heteroatoms. The van der Waals surface area contributed by atoms with Gasteiger partial charge in [-0.05, 0) is 38.8 Å². The topological polar surface area (TPSA) is 97.1 Å². The molecule has 0 bridgehead atoms. The van der Waals surface area contributed by atoms with Crippen molar-refractivity contribution in [3.05, 3.63) is 29.8 Å². The summed E-state index contributed by atoms with van der Waals surface area (Å²) >= 11 is 1.13. The molecule has 1 aliphatic carbocycles. The van der Waals surface area contributed by atoms with Gasteiger partial charge in [0.1, 0.15) is 0 Å². The van der Waals surface area contributed by atoms with Crippen LogP contribution in [0.3, 0.4) is 0 Å². The van der Waals surface area contributed by atoms with E-state index < -0.39 is 11.3 Å². The SMILES string of the molecule is Cc1ccc(-c2nnc(S[C@@H](C)C(=O)NC(=O)NC3CCCCC3)o2)cc1. The molecule has 2 N–H and O–H groups in total. The van der Waals surface area contributed by atoms with Gasteiger partial charge in [-0.15, -0.1) is 10.2 Å². The second-order valence-corrected chi connectivity index (χ2v) is 8.09. The highest BCUT2D eigenvalue weighted by Crippen LogP contribution is 2.26. The van der Waals surface area contributed by atoms with E-state index in [4.69, 9.17) is 4.42 Å². The predicted molar refractivity (Wildman–Crippen MR) is 103 cm³/mol. The van der Waals surface area contributed by atoms with Crippen LogP contribution in [0.4, 0.5) is 4.79 Å². The van der Waals surface area contributed by atoms with E-state index >= 15 is 0 Å². The monoisotopic (exact) mass is 388 g/mol. The number of rotatable bonds is 5. The van der Waals surface area contributed by atoms with Gasteiger partial charge in [-0.25, -0.2) is 4.79 Å². The zero-order valence-electron chi connectivity index (χ0n) is 15.5. The zero-order valence-corrected chi connectivity index (χ0v) is 16.3. The Labute approximate surface area is 162 Å². The van der Waals surface area contributed by atoms with E-state index in [9.17, 15) is 9.59 Å². The van der Waals surface area contributed by atoms with E-state index in [1.165, 1.54) is 6.42 Å². The number of nitrogens with one attached hydrogen (secondary N) is 2. The van der Waals surface area contributed by atoms with Crippen molar-refractivity contribution in [1.29, 1.82) is 0 Å². The van der Waals surface area contributed by atoms with Crippen molar-refractivity contribution in [3.8, 4) is 11.5 Å². The lowest BCUT2D eigenvalue weighted by Gasteiger charge is -2.22. The number of amides is 3. The van der Waals surface area contributed by atoms with Crippen LogP contribution in [0.15, 0.2) is 33.9 Å². The van der Waals surface area contributed by atoms with Crippen LogP contribution in [0.1, 0.15) is 44.6 Å². The first kappa shape index (κ1) is 19.4. The minimum atomic E-state index is -0.534. The number of aromatic nitrogens is 2. The van der Waals surface area contributed by atoms with E-state index in [0.717, 1.165) is 48.6 Å². The maximum Gasteiger partial charge on any atom is 0.321 e. The number of hydrogen-bond acceptors (Lipinski definition) is 6. The Balaban J connectivity index is 1.50. The fourth-order valence-corrected chi connectivity index (χ4v) is 3.64. The highest BCUT2D eigenvalue weighted by Gasteiger charge is 2.22. The standard InChI is InChI=1S/C19H24N4O3S/c1-12-8-10-14(11-9-12)17-22-23-19(26-17)27-13(2)16(24)21-18(25)20-15-6-4-3-5-7-15/h8-11,13,15H,3-7H2,1-2H3,(H2,20,21,24,25)/t13-/m0/s1. The van der Waals surface area contributed by atoms with E-state index in [0.29, 0.717) is 11.1 Å². The fraction of sp³-hybridized carbons (Fsp3) is 0.474. The predicted octanol–water partition coefficient (Wildman–Crippen LogP) is 3.68. The number of benzene rings is 1. The van der Waals surface area contributed by atoms with Gasteiger partial charge in [0, 0.05) is 11.6 Å². The molecule has 1 fully saturated rings. The van der Waals surface area contributed by atoms with Crippen molar-refractivity contribution in [2.75, 3.05) is 0 Å². The number of nitrogens with zero attached hydrogens (tertiary/aromatic N) is 2. The summed E-state index contributed by atoms with van der Waals surface area (Å²) in [6.45, 7) is 3.70. The normalized spacial score (nSPS) is 15.9. The van der Waals surface area contributed by atoms with Gasteiger partial charge in [-0.1, -0.05) is 48.7 Å². The Morgan fingerprint density at radius 3 is 2.56 bits per heavy atom. The molecule has 144 valence electrons. The summed E-state index contributed by atoms with van der Waals surface area (Å²) in [6, 6.07) is 7.46. The van der Waals surface area contributed by atoms with E-state index in [-0.39, 0.29) is 11.9 Å². The number of thioether (sulfide) groups is 1. The lowest BCUT2D eigenvalue weighted by atomic mass is 9.96. The van der Waals surface area contributed by atoms with Crippen molar-refractivity contribution in [3.63, 3.8) is 0 Å². The molecule has 3 rings (SSSR count). The molecule has 1 aliphatic rings. The smallest absolute Gasteiger partial charge is 0.321 e. The van der Waals surface area contributed by atoms with Gasteiger partial charge in [0.05, 0.1) is 5.25 Å². The minimum absolute atomic E-state index is 0.155. The third-order valence-electron chi connectivity index (χ3n) is 4.53. The number of carbonyl (C=O) groups is 2. The molecule has 1 aromatic heterocycles. The van der Waals surface area contributed by atoms with Gasteiger partial charge >= 0.3 is 6.03 Å². The van der Waals surface area contributed by atoms with Gasteiger partial charge in [0.15, 0.2) is 0 Å². The van der Waals surface area contributed by atoms with Crippen molar-refractivity contribution in [1.82, 2.24) is 20.8 Å². The number of carbonyl (C=O) groups excluding carboxylic acids is 2. The first-order valence-electron chi connectivity index (χ1n) is 9.20. The van der Waals surface area contributed by atoms with Crippen LogP contribution in [0.25, 0.3) is 11.5 Å². The molecule has 0 unspecified atom stereocenters. The quantitative estimate of drug-likeness (QED) is 0.758. The van der Waals surface area contributed by atoms with Gasteiger partial charge in [-0.2, -0.15) is 0 Å². The average molecular weight is 388 g/mol. The highest BCUT2D eigenvalue weighted by molar-refractivity contribution is 8.00. The summed E-state index contributed by atoms with van der Waals surface area (Å²) in [5.41, 5.74) is 1.97. The summed E-state index contributed by atoms with van der Waals surface area (Å²) in [4.78, 5) is 24.2. The molecular formula is C19H24N4O3S. The van der Waals surface area contributed by atoms with Crippen LogP contribution in [-0.2, 0) is 4.79 Å². The maximum atomic E-state index is 12.2. The lowest BCUT2D eigenvalue weighted by Crippen LogP contribution is -2.47. The van der Waals surface area contributed by atoms with Crippen molar-refractivity contribution in [2.45, 2.75) is 62.5 Å². The van der Waals surface area contributed by atoms with E-state index in [1.54, 1.807) is 6.92 Å². The van der Waals surface area contributed by atoms with Crippen LogP contribution in [0.5, 0.6) is 0 Å². The first-order valence-corrected chi connectivity index (χ1v) is 10.1. The number of urea groups is 1. The van der Waals surface area contributed by atoms with Gasteiger partial charge in [-0.3, -0.25) is 10.1 Å². The van der Waals surface area contributed by atoms with Crippen LogP contribution in [-0.4, -0.2) is 33.4 Å². The van der Waals surface area contributed by atoms with E-state index in [1.807, 2.05) is 31.2 Å². The molecule has 0 saturated heterocycles. The van der Waals surface area contributed by atoms with Crippen molar-refractivity contribution >= 4 is 23.7 Å². The molecule has 0 radical (unpaired) electrons. The fourth-order valence-electron chi connectivity index (χ4n) is 2.96. The zero-order chi connectivity index (χ0) is 19.2. The third kappa shape index (κ3) is 5.56. The highest BCUT2D eigenvalue weighted by atomic mass is 32.2. The Morgan fingerprint density at radius 1 is 1.15 bits per heavy atom. The molecule has 7 nitrogen and oxygen atoms in total. The summed E-state index contributed by atoms with van der Waals surface area (Å²) in [5.74, 6) is 0.0172. The summed E-state index contributed by atoms with van der Waals surface area (Å²) in [7, 11) is 0. The molecule has 3 amide bonds. The molecule has 2 aromatic rings. The van der Waals surface area contributed by atoms with Crippen LogP contribution in [0.2, 0.25) is 0 Å². The number of imide groups is 1. The van der Waals surface area contributed by atoms with Crippen LogP contribution in [0, 0.1) is 6.92 Å². The lowest BCUT2D eigenvalue weighted by molar-refractivity contribution is -0.119. The van der Waals surface area contributed by atoms with Gasteiger partial charge < -0.3 is 9.73 Å². The summed E-state index contributed by atoms with van der Waals surface area (Å²) in [6.07, 6.45) is 5.38. The van der Waals surface area contributed by atoms with Crippen molar-refractivity contribution in [2.24, 2.45) is 0 Å². The average Bonchev–Trinajstić information content (AvgIpc) is 3.11. The number of hydrogen-bond donors (Lipinski definition) is 2. The molecular weight excluding hydrogens is 364 g/mol. The summed E-state index contributed by atoms with van der Waals surface area (Å²) < 4.78 is 5.62. The second-order valence-electron chi connectivity index (χ2n) is 6.80. The largest absolute Gasteiger partial charge is 0.411 e. The summed E-state index contributed by atoms with van der Waals surface area (Å²) in [5, 5.41) is 13.0. The third-order valence-corrected chi connectivity index (χ3v) is 5.46. The Kier molecular flexibility index (Phi) is 6.49. The molecule has 1 heterocycles. The maximum absolute atomic E-state index is 12.2. The van der Waals surface area contributed by atoms with Crippen LogP contribution < -0.4 is 10.6 Å². The Morgan fingerprint density at radius 2 is 1.85 bits per heavy atom. The minimum Gasteiger partial charge on any atom is -0.411 e. The van der Waals surface area contributed by atoms with Gasteiger partial charge in [0.2, 0.25) is 11.8 Å². The van der Waals surface area contributed by atoms with E-state index in [2.05, 4.69) is 20.8 Å². The number of aryl methyl sites for hydroxylation is 1. The Hall–Kier alpha value is -2.35. The van der Waals surface area contributed by atoms with Gasteiger partial charge in [0.25, 0.3) is 5.22 Å². The Bertz CT molecular complexity index is 785. The molecule has 1 atom stereocenters. The first-order chi connectivity index (χ1) is 13.0. The molecule has 1 saturated carbocycles. The molecule has 27 heavy (non-hydrogen) atoms. The molecule has 0 aliphatic heterocycles. The van der Waals surface area contributed by atoms with Crippen molar-refractivity contribution < 1.29 is 14.0 Å². The molecule has 1 aromatic carbocycles.